The van der Waals surface area contributed by atoms with E-state index in [1.54, 1.807) is 18.5 Å². The summed E-state index contributed by atoms with van der Waals surface area (Å²) in [6.07, 6.45) is 1.75. The number of likely N-dealkylation sites (tertiary alicyclic amines) is 1. The van der Waals surface area contributed by atoms with Crippen LogP contribution in [0.3, 0.4) is 0 Å². The molecule has 0 spiro atoms. The van der Waals surface area contributed by atoms with Crippen LogP contribution in [-0.2, 0) is 4.79 Å². The minimum atomic E-state index is -0.193. The van der Waals surface area contributed by atoms with Gasteiger partial charge in [-0.05, 0) is 12.1 Å². The number of hydrogen-bond donors (Lipinski definition) is 0. The van der Waals surface area contributed by atoms with E-state index >= 15 is 0 Å². The van der Waals surface area contributed by atoms with Crippen molar-refractivity contribution in [2.45, 2.75) is 20.8 Å². The maximum Gasteiger partial charge on any atom is 2.00 e. The second-order valence-electron chi connectivity index (χ2n) is 5.52. The monoisotopic (exact) mass is 524 g/mol. The molecule has 6 nitrogen and oxygen atoms in total. The first kappa shape index (κ1) is 18.9. The minimum Gasteiger partial charge on any atom is -0.520 e. The molecule has 0 radical (unpaired) electrons. The number of aromatic nitrogens is 3. The Morgan fingerprint density at radius 3 is 2.45 bits per heavy atom. The van der Waals surface area contributed by atoms with Gasteiger partial charge in [0.05, 0.1) is 11.4 Å². The fourth-order valence-electron chi connectivity index (χ4n) is 1.91. The van der Waals surface area contributed by atoms with Crippen LogP contribution in [0.4, 0.5) is 0 Å². The van der Waals surface area contributed by atoms with Crippen LogP contribution in [0.1, 0.15) is 25.6 Å². The molecule has 0 N–H and O–H groups in total. The predicted octanol–water partition coefficient (Wildman–Crippen LogP) is 1.69. The molecule has 22 heavy (non-hydrogen) atoms. The van der Waals surface area contributed by atoms with E-state index in [0.29, 0.717) is 24.1 Å². The van der Waals surface area contributed by atoms with Gasteiger partial charge >= 0.3 is 31.1 Å². The maximum atomic E-state index is 12.1. The summed E-state index contributed by atoms with van der Waals surface area (Å²) >= 11 is 0. The quantitative estimate of drug-likeness (QED) is 0.562. The molecule has 1 saturated heterocycles. The molecular weight excluding hydrogens is 506 g/mol. The van der Waals surface area contributed by atoms with E-state index in [1.807, 2.05) is 12.1 Å². The van der Waals surface area contributed by atoms with E-state index in [0.717, 1.165) is 0 Å². The number of fused-ring (bicyclic) bond motifs is 1. The summed E-state index contributed by atoms with van der Waals surface area (Å²) in [5.74, 6) is 1.10. The number of rotatable bonds is 2. The number of benzene rings is 1. The third-order valence-corrected chi connectivity index (χ3v) is 2.92. The Labute approximate surface area is 153 Å². The van der Waals surface area contributed by atoms with Crippen LogP contribution in [0.5, 0.6) is 0 Å². The molecule has 0 saturated carbocycles. The molecule has 3 rings (SSSR count). The summed E-state index contributed by atoms with van der Waals surface area (Å²) in [6, 6.07) is 7.29. The van der Waals surface area contributed by atoms with E-state index in [1.165, 1.54) is 15.5 Å². The van der Waals surface area contributed by atoms with Crippen molar-refractivity contribution in [3.8, 4) is 0 Å². The third-order valence-electron chi connectivity index (χ3n) is 2.92. The first-order valence-electron chi connectivity index (χ1n) is 6.77. The number of nitrogens with zero attached hydrogens (tertiary/aromatic N) is 4. The summed E-state index contributed by atoms with van der Waals surface area (Å²) < 4.78 is 1.31. The maximum absolute atomic E-state index is 12.1. The van der Waals surface area contributed by atoms with Gasteiger partial charge < -0.3 is 15.6 Å². The Kier molecular flexibility index (Phi) is 7.24. The summed E-state index contributed by atoms with van der Waals surface area (Å²) in [6.45, 7) is 7.08. The second-order valence-corrected chi connectivity index (χ2v) is 5.52. The predicted molar refractivity (Wildman–Crippen MR) is 79.2 cm³/mol. The normalized spacial score (nSPS) is 13.9. The van der Waals surface area contributed by atoms with Gasteiger partial charge in [-0.1, -0.05) is 17.3 Å². The zero-order valence-corrected chi connectivity index (χ0v) is 17.1. The molecule has 0 unspecified atom stereocenters. The molecule has 0 bridgehead atoms. The van der Waals surface area contributed by atoms with Crippen molar-refractivity contribution < 1.29 is 40.7 Å². The van der Waals surface area contributed by atoms with E-state index in [-0.39, 0.29) is 42.9 Å². The van der Waals surface area contributed by atoms with E-state index < -0.39 is 0 Å². The van der Waals surface area contributed by atoms with Gasteiger partial charge in [-0.2, -0.15) is 31.9 Å². The largest absolute Gasteiger partial charge is 2.00 e. The molecular formula is C15H18N4O2U. The van der Waals surface area contributed by atoms with E-state index in [9.17, 15) is 9.59 Å². The average molecular weight is 524 g/mol. The average Bonchev–Trinajstić information content (AvgIpc) is 2.80. The van der Waals surface area contributed by atoms with E-state index in [4.69, 9.17) is 0 Å². The van der Waals surface area contributed by atoms with Crippen LogP contribution in [0.2, 0.25) is 0 Å². The Balaban J connectivity index is 0.000000436. The summed E-state index contributed by atoms with van der Waals surface area (Å²) in [4.78, 5) is 23.8. The number of carbonyl (C=O) groups excluding carboxylic acids is 2. The van der Waals surface area contributed by atoms with Crippen molar-refractivity contribution in [2.75, 3.05) is 13.1 Å². The molecule has 1 aromatic heterocycles. The molecule has 0 atom stereocenters. The molecule has 1 amide bonds. The molecule has 1 aliphatic heterocycles. The van der Waals surface area contributed by atoms with Gasteiger partial charge in [0.1, 0.15) is 5.52 Å². The second kappa shape index (κ2) is 8.45. The Hall–Kier alpha value is -1.19. The standard InChI is InChI=1S/C11H9N4O2.C4H9.U/c16-7-14-5-8(6-14)11(17)15-10-4-2-1-3-9(10)12-13-15;1-4(2)3;/h1-4,8H,5-6H2;1-3H3;/q2*-1;+2. The molecule has 7 heteroatoms. The summed E-state index contributed by atoms with van der Waals surface area (Å²) in [7, 11) is 0. The molecule has 1 aromatic carbocycles. The van der Waals surface area contributed by atoms with Gasteiger partial charge in [0.15, 0.2) is 0 Å². The summed E-state index contributed by atoms with van der Waals surface area (Å²) in [5.41, 5.74) is 1.39. The fraction of sp³-hybridized carbons (Fsp3) is 0.400. The van der Waals surface area contributed by atoms with Crippen LogP contribution in [-0.4, -0.2) is 45.3 Å². The smallest absolute Gasteiger partial charge is 0.520 e. The van der Waals surface area contributed by atoms with Gasteiger partial charge in [0.25, 0.3) is 5.91 Å². The van der Waals surface area contributed by atoms with Crippen LogP contribution in [0, 0.1) is 42.9 Å². The van der Waals surface area contributed by atoms with Gasteiger partial charge in [0, 0.05) is 13.1 Å². The van der Waals surface area contributed by atoms with Gasteiger partial charge in [0.2, 0.25) is 0 Å². The molecule has 2 heterocycles. The van der Waals surface area contributed by atoms with Gasteiger partial charge in [-0.15, -0.1) is 5.10 Å². The minimum absolute atomic E-state index is 0. The number of para-hydroxylation sites is 1. The van der Waals surface area contributed by atoms with Gasteiger partial charge in [-0.3, -0.25) is 4.79 Å². The molecule has 1 aliphatic rings. The van der Waals surface area contributed by atoms with Crippen molar-refractivity contribution >= 4 is 23.4 Å². The number of hydrogen-bond acceptors (Lipinski definition) is 4. The summed E-state index contributed by atoms with van der Waals surface area (Å²) in [5, 5.41) is 7.77. The van der Waals surface area contributed by atoms with Crippen molar-refractivity contribution in [3.63, 3.8) is 0 Å². The Morgan fingerprint density at radius 2 is 1.86 bits per heavy atom. The van der Waals surface area contributed by atoms with Crippen molar-refractivity contribution in [2.24, 2.45) is 5.92 Å². The number of amides is 1. The Bertz CT molecular complexity index is 633. The molecule has 1 fully saturated rings. The third kappa shape index (κ3) is 4.40. The van der Waals surface area contributed by atoms with Crippen molar-refractivity contribution in [3.05, 3.63) is 30.2 Å². The molecule has 114 valence electrons. The van der Waals surface area contributed by atoms with E-state index in [2.05, 4.69) is 31.1 Å². The van der Waals surface area contributed by atoms with Crippen molar-refractivity contribution in [1.82, 2.24) is 19.9 Å². The van der Waals surface area contributed by atoms with Gasteiger partial charge in [-0.25, -0.2) is 0 Å². The fourth-order valence-corrected chi connectivity index (χ4v) is 1.91. The number of carbonyl (C=O) groups is 1. The molecule has 0 aliphatic carbocycles. The zero-order chi connectivity index (χ0) is 15.4. The topological polar surface area (TPSA) is 68.1 Å². The van der Waals surface area contributed by atoms with Crippen LogP contribution in [0.25, 0.3) is 11.0 Å². The molecule has 2 aromatic rings. The van der Waals surface area contributed by atoms with Crippen LogP contribution >= 0.6 is 0 Å². The zero-order valence-electron chi connectivity index (χ0n) is 12.9. The first-order chi connectivity index (χ1) is 10.0. The van der Waals surface area contributed by atoms with Crippen molar-refractivity contribution in [1.29, 1.82) is 0 Å². The first-order valence-corrected chi connectivity index (χ1v) is 6.77. The Morgan fingerprint density at radius 1 is 1.27 bits per heavy atom. The van der Waals surface area contributed by atoms with Crippen LogP contribution < -0.4 is 0 Å². The SMILES string of the molecule is C[C-](C)C.O=[C-]N1CC(C(=O)n2nnc3ccccc32)C1.[U+2]. The van der Waals surface area contributed by atoms with Crippen LogP contribution in [0.15, 0.2) is 24.3 Å².